The Labute approximate surface area is 110 Å². The van der Waals surface area contributed by atoms with Crippen LogP contribution in [-0.4, -0.2) is 0 Å². The van der Waals surface area contributed by atoms with E-state index in [-0.39, 0.29) is 12.3 Å². The van der Waals surface area contributed by atoms with Crippen LogP contribution in [-0.2, 0) is 18.0 Å². The zero-order chi connectivity index (χ0) is 13.0. The SMILES string of the molecule is Nc1cccc(COCc2cccc(Cl)c2)c1F. The van der Waals surface area contributed by atoms with Crippen LogP contribution >= 0.6 is 11.6 Å². The van der Waals surface area contributed by atoms with E-state index in [1.165, 1.54) is 6.07 Å². The van der Waals surface area contributed by atoms with E-state index in [9.17, 15) is 4.39 Å². The lowest BCUT2D eigenvalue weighted by Gasteiger charge is -2.07. The number of ether oxygens (including phenoxy) is 1. The summed E-state index contributed by atoms with van der Waals surface area (Å²) >= 11 is 5.85. The van der Waals surface area contributed by atoms with Gasteiger partial charge in [-0.25, -0.2) is 4.39 Å². The van der Waals surface area contributed by atoms with Gasteiger partial charge in [-0.05, 0) is 23.8 Å². The third kappa shape index (κ3) is 3.22. The molecule has 0 atom stereocenters. The number of rotatable bonds is 4. The smallest absolute Gasteiger partial charge is 0.151 e. The average molecular weight is 266 g/mol. The summed E-state index contributed by atoms with van der Waals surface area (Å²) in [4.78, 5) is 0. The van der Waals surface area contributed by atoms with E-state index in [2.05, 4.69) is 0 Å². The Bertz CT molecular complexity index is 545. The van der Waals surface area contributed by atoms with Gasteiger partial charge in [0.2, 0.25) is 0 Å². The molecule has 4 heteroatoms. The monoisotopic (exact) mass is 265 g/mol. The molecule has 2 aromatic rings. The first-order chi connectivity index (χ1) is 8.66. The summed E-state index contributed by atoms with van der Waals surface area (Å²) in [5.74, 6) is -0.413. The van der Waals surface area contributed by atoms with Crippen LogP contribution in [0.3, 0.4) is 0 Å². The molecule has 0 saturated heterocycles. The Morgan fingerprint density at radius 2 is 1.89 bits per heavy atom. The maximum absolute atomic E-state index is 13.6. The molecule has 0 amide bonds. The van der Waals surface area contributed by atoms with Crippen molar-refractivity contribution >= 4 is 17.3 Å². The predicted molar refractivity (Wildman–Crippen MR) is 70.8 cm³/mol. The lowest BCUT2D eigenvalue weighted by Crippen LogP contribution is -2.00. The van der Waals surface area contributed by atoms with Crippen LogP contribution in [0.4, 0.5) is 10.1 Å². The Kier molecular flexibility index (Phi) is 4.18. The summed E-state index contributed by atoms with van der Waals surface area (Å²) in [5.41, 5.74) is 7.02. The van der Waals surface area contributed by atoms with Crippen molar-refractivity contribution in [2.45, 2.75) is 13.2 Å². The number of nitrogen functional groups attached to an aromatic ring is 1. The topological polar surface area (TPSA) is 35.2 Å². The Morgan fingerprint density at radius 1 is 1.11 bits per heavy atom. The van der Waals surface area contributed by atoms with Crippen molar-refractivity contribution in [3.05, 3.63) is 64.4 Å². The van der Waals surface area contributed by atoms with Crippen LogP contribution in [0, 0.1) is 5.82 Å². The molecule has 0 unspecified atom stereocenters. The van der Waals surface area contributed by atoms with Crippen molar-refractivity contribution in [2.24, 2.45) is 0 Å². The number of benzene rings is 2. The van der Waals surface area contributed by atoms with Gasteiger partial charge >= 0.3 is 0 Å². The van der Waals surface area contributed by atoms with E-state index in [1.807, 2.05) is 18.2 Å². The number of anilines is 1. The van der Waals surface area contributed by atoms with Crippen molar-refractivity contribution in [1.29, 1.82) is 0 Å². The molecule has 0 bridgehead atoms. The molecule has 2 aromatic carbocycles. The molecular weight excluding hydrogens is 253 g/mol. The molecule has 0 aliphatic rings. The van der Waals surface area contributed by atoms with Gasteiger partial charge in [-0.1, -0.05) is 35.9 Å². The molecule has 18 heavy (non-hydrogen) atoms. The fourth-order valence-electron chi connectivity index (χ4n) is 1.62. The van der Waals surface area contributed by atoms with Crippen LogP contribution in [0.1, 0.15) is 11.1 Å². The van der Waals surface area contributed by atoms with Crippen molar-refractivity contribution in [1.82, 2.24) is 0 Å². The van der Waals surface area contributed by atoms with E-state index in [1.54, 1.807) is 18.2 Å². The van der Waals surface area contributed by atoms with Crippen LogP contribution < -0.4 is 5.73 Å². The van der Waals surface area contributed by atoms with Gasteiger partial charge in [0.1, 0.15) is 0 Å². The van der Waals surface area contributed by atoms with Gasteiger partial charge in [0.25, 0.3) is 0 Å². The van der Waals surface area contributed by atoms with Gasteiger partial charge in [-0.2, -0.15) is 0 Å². The lowest BCUT2D eigenvalue weighted by atomic mass is 10.2. The van der Waals surface area contributed by atoms with Gasteiger partial charge in [0, 0.05) is 10.6 Å². The first-order valence-electron chi connectivity index (χ1n) is 5.52. The first kappa shape index (κ1) is 12.9. The molecule has 94 valence electrons. The summed E-state index contributed by atoms with van der Waals surface area (Å²) in [6, 6.07) is 12.2. The summed E-state index contributed by atoms with van der Waals surface area (Å²) in [7, 11) is 0. The fraction of sp³-hybridized carbons (Fsp3) is 0.143. The Morgan fingerprint density at radius 3 is 2.67 bits per heavy atom. The van der Waals surface area contributed by atoms with Gasteiger partial charge in [-0.3, -0.25) is 0 Å². The Hall–Kier alpha value is -1.58. The predicted octanol–water partition coefficient (Wildman–Crippen LogP) is 3.78. The van der Waals surface area contributed by atoms with Crippen LogP contribution in [0.15, 0.2) is 42.5 Å². The van der Waals surface area contributed by atoms with E-state index in [4.69, 9.17) is 22.1 Å². The maximum atomic E-state index is 13.6. The van der Waals surface area contributed by atoms with Crippen LogP contribution in [0.25, 0.3) is 0 Å². The highest BCUT2D eigenvalue weighted by Gasteiger charge is 2.05. The highest BCUT2D eigenvalue weighted by molar-refractivity contribution is 6.30. The highest BCUT2D eigenvalue weighted by Crippen LogP contribution is 2.17. The van der Waals surface area contributed by atoms with Gasteiger partial charge in [0.15, 0.2) is 5.82 Å². The second-order valence-electron chi connectivity index (χ2n) is 3.94. The quantitative estimate of drug-likeness (QED) is 0.854. The minimum atomic E-state index is -0.413. The van der Waals surface area contributed by atoms with E-state index < -0.39 is 5.82 Å². The molecule has 0 aromatic heterocycles. The molecule has 0 spiro atoms. The first-order valence-corrected chi connectivity index (χ1v) is 5.89. The molecular formula is C14H13ClFNO. The summed E-state index contributed by atoms with van der Waals surface area (Å²) < 4.78 is 19.0. The summed E-state index contributed by atoms with van der Waals surface area (Å²) in [6.45, 7) is 0.568. The second-order valence-corrected chi connectivity index (χ2v) is 4.38. The average Bonchev–Trinajstić information content (AvgIpc) is 2.35. The number of hydrogen-bond donors (Lipinski definition) is 1. The van der Waals surface area contributed by atoms with Crippen molar-refractivity contribution in [3.8, 4) is 0 Å². The van der Waals surface area contributed by atoms with Gasteiger partial charge in [-0.15, -0.1) is 0 Å². The van der Waals surface area contributed by atoms with Gasteiger partial charge < -0.3 is 10.5 Å². The molecule has 0 heterocycles. The van der Waals surface area contributed by atoms with E-state index >= 15 is 0 Å². The normalized spacial score (nSPS) is 10.6. The lowest BCUT2D eigenvalue weighted by molar-refractivity contribution is 0.105. The van der Waals surface area contributed by atoms with Crippen molar-refractivity contribution in [2.75, 3.05) is 5.73 Å². The zero-order valence-electron chi connectivity index (χ0n) is 9.70. The maximum Gasteiger partial charge on any atom is 0.151 e. The molecule has 2 rings (SSSR count). The molecule has 0 radical (unpaired) electrons. The summed E-state index contributed by atoms with van der Waals surface area (Å²) in [6.07, 6.45) is 0. The zero-order valence-corrected chi connectivity index (χ0v) is 10.5. The van der Waals surface area contributed by atoms with Crippen LogP contribution in [0.5, 0.6) is 0 Å². The Balaban J connectivity index is 1.94. The third-order valence-corrected chi connectivity index (χ3v) is 2.76. The number of nitrogens with two attached hydrogens (primary N) is 1. The number of hydrogen-bond acceptors (Lipinski definition) is 2. The number of halogens is 2. The standard InChI is InChI=1S/C14H13ClFNO/c15-12-5-1-3-10(7-12)8-18-9-11-4-2-6-13(17)14(11)16/h1-7H,8-9,17H2. The molecule has 2 nitrogen and oxygen atoms in total. The minimum absolute atomic E-state index is 0.138. The molecule has 0 saturated carbocycles. The largest absolute Gasteiger partial charge is 0.396 e. The molecule has 0 fully saturated rings. The highest BCUT2D eigenvalue weighted by atomic mass is 35.5. The molecule has 0 aliphatic carbocycles. The minimum Gasteiger partial charge on any atom is -0.396 e. The molecule has 0 aliphatic heterocycles. The van der Waals surface area contributed by atoms with Gasteiger partial charge in [0.05, 0.1) is 18.9 Å². The fourth-order valence-corrected chi connectivity index (χ4v) is 1.83. The molecule has 2 N–H and O–H groups in total. The van der Waals surface area contributed by atoms with E-state index in [0.717, 1.165) is 5.56 Å². The third-order valence-electron chi connectivity index (χ3n) is 2.52. The van der Waals surface area contributed by atoms with Crippen LogP contribution in [0.2, 0.25) is 5.02 Å². The van der Waals surface area contributed by atoms with Crippen molar-refractivity contribution < 1.29 is 9.13 Å². The summed E-state index contributed by atoms with van der Waals surface area (Å²) in [5, 5.41) is 0.659. The van der Waals surface area contributed by atoms with Crippen molar-refractivity contribution in [3.63, 3.8) is 0 Å². The van der Waals surface area contributed by atoms with E-state index in [0.29, 0.717) is 17.2 Å². The second kappa shape index (κ2) is 5.85.